The molecular formula is C15H23F3N2O. The number of alkyl halides is 3. The zero-order valence-corrected chi connectivity index (χ0v) is 12.7. The topological polar surface area (TPSA) is 38.5 Å². The summed E-state index contributed by atoms with van der Waals surface area (Å²) < 4.78 is 40.9. The van der Waals surface area contributed by atoms with E-state index < -0.39 is 6.36 Å². The van der Waals surface area contributed by atoms with Crippen LogP contribution < -0.4 is 10.5 Å². The molecule has 0 amide bonds. The third-order valence-electron chi connectivity index (χ3n) is 3.25. The summed E-state index contributed by atoms with van der Waals surface area (Å²) in [4.78, 5) is 2.19. The molecule has 0 aromatic heterocycles. The summed E-state index contributed by atoms with van der Waals surface area (Å²) in [5.74, 6) is -0.210. The molecule has 0 heterocycles. The molecule has 0 aliphatic rings. The molecule has 1 aromatic rings. The second kappa shape index (κ2) is 7.66. The highest BCUT2D eigenvalue weighted by Gasteiger charge is 2.31. The zero-order valence-electron chi connectivity index (χ0n) is 12.7. The number of halogens is 3. The number of benzene rings is 1. The van der Waals surface area contributed by atoms with Crippen LogP contribution in [0.2, 0.25) is 0 Å². The highest BCUT2D eigenvalue weighted by Crippen LogP contribution is 2.28. The molecular weight excluding hydrogens is 281 g/mol. The van der Waals surface area contributed by atoms with Crippen LogP contribution in [0.15, 0.2) is 24.3 Å². The van der Waals surface area contributed by atoms with Crippen molar-refractivity contribution in [1.29, 1.82) is 0 Å². The van der Waals surface area contributed by atoms with Crippen LogP contribution in [0.1, 0.15) is 38.8 Å². The maximum atomic E-state index is 12.3. The van der Waals surface area contributed by atoms with Crippen LogP contribution in [-0.4, -0.2) is 30.4 Å². The van der Waals surface area contributed by atoms with Gasteiger partial charge in [0, 0.05) is 18.6 Å². The summed E-state index contributed by atoms with van der Waals surface area (Å²) in [7, 11) is 0. The van der Waals surface area contributed by atoms with E-state index in [1.165, 1.54) is 12.1 Å². The number of nitrogens with two attached hydrogens (primary N) is 1. The minimum atomic E-state index is -4.68. The molecule has 0 saturated carbocycles. The zero-order chi connectivity index (χ0) is 16.0. The first-order chi connectivity index (χ1) is 9.78. The second-order valence-corrected chi connectivity index (χ2v) is 5.20. The number of hydrogen-bond acceptors (Lipinski definition) is 3. The highest BCUT2D eigenvalue weighted by molar-refractivity contribution is 5.31. The van der Waals surface area contributed by atoms with Crippen molar-refractivity contribution in [1.82, 2.24) is 4.90 Å². The van der Waals surface area contributed by atoms with Crippen molar-refractivity contribution < 1.29 is 17.9 Å². The molecule has 0 radical (unpaired) electrons. The van der Waals surface area contributed by atoms with Crippen molar-refractivity contribution in [2.24, 2.45) is 5.73 Å². The summed E-state index contributed by atoms with van der Waals surface area (Å²) in [6, 6.07) is 6.18. The lowest BCUT2D eigenvalue weighted by Gasteiger charge is -2.34. The van der Waals surface area contributed by atoms with E-state index in [2.05, 4.69) is 16.6 Å². The molecule has 0 saturated heterocycles. The van der Waals surface area contributed by atoms with Crippen molar-refractivity contribution in [2.75, 3.05) is 13.1 Å². The number of ether oxygens (including phenoxy) is 1. The normalized spacial score (nSPS) is 13.8. The SMILES string of the molecule is CCCN(C(C)C)C(CN)c1cccc(OC(F)(F)F)c1. The molecule has 1 unspecified atom stereocenters. The highest BCUT2D eigenvalue weighted by atomic mass is 19.4. The maximum absolute atomic E-state index is 12.3. The molecule has 0 spiro atoms. The summed E-state index contributed by atoms with van der Waals surface area (Å²) >= 11 is 0. The Kier molecular flexibility index (Phi) is 6.48. The maximum Gasteiger partial charge on any atom is 0.573 e. The van der Waals surface area contributed by atoms with Gasteiger partial charge < -0.3 is 10.5 Å². The van der Waals surface area contributed by atoms with Crippen LogP contribution in [0.3, 0.4) is 0 Å². The molecule has 2 N–H and O–H groups in total. The molecule has 3 nitrogen and oxygen atoms in total. The van der Waals surface area contributed by atoms with E-state index in [-0.39, 0.29) is 17.8 Å². The van der Waals surface area contributed by atoms with Crippen molar-refractivity contribution >= 4 is 0 Å². The Hall–Kier alpha value is -1.27. The van der Waals surface area contributed by atoms with Gasteiger partial charge in [0.15, 0.2) is 0 Å². The lowest BCUT2D eigenvalue weighted by atomic mass is 10.0. The molecule has 0 fully saturated rings. The quantitative estimate of drug-likeness (QED) is 0.834. The molecule has 21 heavy (non-hydrogen) atoms. The van der Waals surface area contributed by atoms with Crippen molar-refractivity contribution in [3.63, 3.8) is 0 Å². The third kappa shape index (κ3) is 5.55. The second-order valence-electron chi connectivity index (χ2n) is 5.20. The molecule has 6 heteroatoms. The molecule has 1 rings (SSSR count). The van der Waals surface area contributed by atoms with Gasteiger partial charge >= 0.3 is 6.36 Å². The van der Waals surface area contributed by atoms with Crippen LogP contribution >= 0.6 is 0 Å². The fraction of sp³-hybridized carbons (Fsp3) is 0.600. The first kappa shape index (κ1) is 17.8. The van der Waals surface area contributed by atoms with Gasteiger partial charge in [0.1, 0.15) is 5.75 Å². The van der Waals surface area contributed by atoms with Gasteiger partial charge in [-0.15, -0.1) is 13.2 Å². The molecule has 0 aliphatic heterocycles. The fourth-order valence-electron chi connectivity index (χ4n) is 2.41. The predicted molar refractivity (Wildman–Crippen MR) is 77.1 cm³/mol. The van der Waals surface area contributed by atoms with Gasteiger partial charge in [0.2, 0.25) is 0 Å². The summed E-state index contributed by atoms with van der Waals surface area (Å²) in [6.45, 7) is 7.34. The standard InChI is InChI=1S/C15H23F3N2O/c1-4-8-20(11(2)3)14(10-19)12-6-5-7-13(9-12)21-15(16,17)18/h5-7,9,11,14H,4,8,10,19H2,1-3H3. The largest absolute Gasteiger partial charge is 0.573 e. The number of nitrogens with zero attached hydrogens (tertiary/aromatic N) is 1. The van der Waals surface area contributed by atoms with E-state index in [1.54, 1.807) is 12.1 Å². The summed E-state index contributed by atoms with van der Waals surface area (Å²) in [5, 5.41) is 0. The van der Waals surface area contributed by atoms with E-state index in [9.17, 15) is 13.2 Å². The van der Waals surface area contributed by atoms with E-state index in [0.29, 0.717) is 6.54 Å². The van der Waals surface area contributed by atoms with Crippen LogP contribution in [0, 0.1) is 0 Å². The molecule has 1 aromatic carbocycles. The van der Waals surface area contributed by atoms with Crippen LogP contribution in [0.4, 0.5) is 13.2 Å². The summed E-state index contributed by atoms with van der Waals surface area (Å²) in [6.07, 6.45) is -3.73. The fourth-order valence-corrected chi connectivity index (χ4v) is 2.41. The minimum absolute atomic E-state index is 0.123. The van der Waals surface area contributed by atoms with E-state index in [1.807, 2.05) is 13.8 Å². The number of hydrogen-bond donors (Lipinski definition) is 1. The van der Waals surface area contributed by atoms with Gasteiger partial charge in [0.25, 0.3) is 0 Å². The van der Waals surface area contributed by atoms with E-state index >= 15 is 0 Å². The van der Waals surface area contributed by atoms with Crippen molar-refractivity contribution in [3.05, 3.63) is 29.8 Å². The lowest BCUT2D eigenvalue weighted by Crippen LogP contribution is -2.39. The van der Waals surface area contributed by atoms with Gasteiger partial charge in [-0.2, -0.15) is 0 Å². The van der Waals surface area contributed by atoms with Crippen molar-refractivity contribution in [2.45, 2.75) is 45.6 Å². The van der Waals surface area contributed by atoms with Gasteiger partial charge in [-0.05, 0) is 44.5 Å². The average molecular weight is 304 g/mol. The minimum Gasteiger partial charge on any atom is -0.406 e. The van der Waals surface area contributed by atoms with Crippen molar-refractivity contribution in [3.8, 4) is 5.75 Å². The van der Waals surface area contributed by atoms with Crippen LogP contribution in [-0.2, 0) is 0 Å². The first-order valence-electron chi connectivity index (χ1n) is 7.10. The average Bonchev–Trinajstić information content (AvgIpc) is 2.37. The van der Waals surface area contributed by atoms with Gasteiger partial charge in [-0.1, -0.05) is 19.1 Å². The monoisotopic (exact) mass is 304 g/mol. The summed E-state index contributed by atoms with van der Waals surface area (Å²) in [5.41, 5.74) is 6.58. The lowest BCUT2D eigenvalue weighted by molar-refractivity contribution is -0.274. The van der Waals surface area contributed by atoms with Gasteiger partial charge in [0.05, 0.1) is 0 Å². The first-order valence-corrected chi connectivity index (χ1v) is 7.10. The van der Waals surface area contributed by atoms with Gasteiger partial charge in [-0.25, -0.2) is 0 Å². The Morgan fingerprint density at radius 2 is 1.95 bits per heavy atom. The smallest absolute Gasteiger partial charge is 0.406 e. The van der Waals surface area contributed by atoms with E-state index in [0.717, 1.165) is 18.5 Å². The predicted octanol–water partition coefficient (Wildman–Crippen LogP) is 3.71. The Morgan fingerprint density at radius 3 is 2.43 bits per heavy atom. The molecule has 120 valence electrons. The van der Waals surface area contributed by atoms with Crippen LogP contribution in [0.25, 0.3) is 0 Å². The Bertz CT molecular complexity index is 435. The Labute approximate surface area is 123 Å². The van der Waals surface area contributed by atoms with Crippen LogP contribution in [0.5, 0.6) is 5.75 Å². The molecule has 0 aliphatic carbocycles. The number of rotatable bonds is 7. The molecule has 1 atom stereocenters. The Morgan fingerprint density at radius 1 is 1.29 bits per heavy atom. The molecule has 0 bridgehead atoms. The Balaban J connectivity index is 3.02. The van der Waals surface area contributed by atoms with E-state index in [4.69, 9.17) is 5.73 Å². The third-order valence-corrected chi connectivity index (χ3v) is 3.25. The van der Waals surface area contributed by atoms with Gasteiger partial charge in [-0.3, -0.25) is 4.90 Å².